The summed E-state index contributed by atoms with van der Waals surface area (Å²) in [6.07, 6.45) is 0. The van der Waals surface area contributed by atoms with Crippen molar-refractivity contribution in [2.75, 3.05) is 33.4 Å². The zero-order valence-electron chi connectivity index (χ0n) is 11.5. The lowest BCUT2D eigenvalue weighted by molar-refractivity contribution is -0.387. The molecule has 0 N–H and O–H groups in total. The first-order valence-corrected chi connectivity index (χ1v) is 6.38. The third-order valence-corrected chi connectivity index (χ3v) is 3.24. The molecule has 21 heavy (non-hydrogen) atoms. The van der Waals surface area contributed by atoms with Crippen LogP contribution in [0.3, 0.4) is 0 Å². The van der Waals surface area contributed by atoms with Crippen LogP contribution in [0.5, 0.6) is 0 Å². The molecule has 0 spiro atoms. The Kier molecular flexibility index (Phi) is 4.81. The van der Waals surface area contributed by atoms with E-state index in [1.165, 1.54) is 13.2 Å². The van der Waals surface area contributed by atoms with E-state index in [0.717, 1.165) is 6.07 Å². The Morgan fingerprint density at radius 3 is 2.71 bits per heavy atom. The van der Waals surface area contributed by atoms with E-state index in [2.05, 4.69) is 4.74 Å². The van der Waals surface area contributed by atoms with Gasteiger partial charge in [-0.3, -0.25) is 15.0 Å². The smallest absolute Gasteiger partial charge is 0.338 e. The molecular formula is C13H15FN2O5. The number of nitro benzene ring substituents is 1. The van der Waals surface area contributed by atoms with Gasteiger partial charge in [0.15, 0.2) is 0 Å². The second-order valence-electron chi connectivity index (χ2n) is 4.61. The van der Waals surface area contributed by atoms with Gasteiger partial charge in [-0.15, -0.1) is 0 Å². The molecule has 1 aromatic rings. The lowest BCUT2D eigenvalue weighted by Crippen LogP contribution is -2.36. The van der Waals surface area contributed by atoms with E-state index in [1.807, 2.05) is 4.90 Å². The first kappa shape index (κ1) is 15.3. The predicted octanol–water partition coefficient (Wildman–Crippen LogP) is 1.35. The molecule has 0 saturated carbocycles. The summed E-state index contributed by atoms with van der Waals surface area (Å²) in [5, 5.41) is 10.9. The SMILES string of the molecule is COC(=O)c1cc(CN2CCOCC2)c(F)c([N+](=O)[O-])c1. The number of hydrogen-bond acceptors (Lipinski definition) is 6. The number of ether oxygens (including phenoxy) is 2. The summed E-state index contributed by atoms with van der Waals surface area (Å²) in [7, 11) is 1.17. The molecule has 0 unspecified atom stereocenters. The topological polar surface area (TPSA) is 81.9 Å². The number of rotatable bonds is 4. The molecule has 0 radical (unpaired) electrons. The fraction of sp³-hybridized carbons (Fsp3) is 0.462. The van der Waals surface area contributed by atoms with Crippen LogP contribution in [-0.4, -0.2) is 49.2 Å². The number of hydrogen-bond donors (Lipinski definition) is 0. The highest BCUT2D eigenvalue weighted by molar-refractivity contribution is 5.90. The van der Waals surface area contributed by atoms with Crippen molar-refractivity contribution in [3.8, 4) is 0 Å². The van der Waals surface area contributed by atoms with Crippen LogP contribution < -0.4 is 0 Å². The van der Waals surface area contributed by atoms with E-state index < -0.39 is 22.4 Å². The van der Waals surface area contributed by atoms with Crippen LogP contribution in [0.15, 0.2) is 12.1 Å². The van der Waals surface area contributed by atoms with Crippen molar-refractivity contribution in [3.63, 3.8) is 0 Å². The summed E-state index contributed by atoms with van der Waals surface area (Å²) >= 11 is 0. The minimum Gasteiger partial charge on any atom is -0.465 e. The minimum absolute atomic E-state index is 0.0335. The van der Waals surface area contributed by atoms with Crippen LogP contribution in [0.25, 0.3) is 0 Å². The van der Waals surface area contributed by atoms with E-state index >= 15 is 0 Å². The van der Waals surface area contributed by atoms with Gasteiger partial charge in [-0.2, -0.15) is 4.39 Å². The van der Waals surface area contributed by atoms with Crippen molar-refractivity contribution < 1.29 is 23.6 Å². The summed E-state index contributed by atoms with van der Waals surface area (Å²) in [5.41, 5.74) is -0.651. The Hall–Kier alpha value is -2.06. The number of nitrogens with zero attached hydrogens (tertiary/aromatic N) is 2. The van der Waals surface area contributed by atoms with Crippen molar-refractivity contribution >= 4 is 11.7 Å². The number of benzene rings is 1. The second-order valence-corrected chi connectivity index (χ2v) is 4.61. The average molecular weight is 298 g/mol. The predicted molar refractivity (Wildman–Crippen MR) is 70.5 cm³/mol. The molecule has 114 valence electrons. The number of methoxy groups -OCH3 is 1. The number of nitro groups is 1. The molecule has 1 saturated heterocycles. The molecule has 0 bridgehead atoms. The van der Waals surface area contributed by atoms with Crippen LogP contribution in [0.2, 0.25) is 0 Å². The quantitative estimate of drug-likeness (QED) is 0.474. The van der Waals surface area contributed by atoms with Gasteiger partial charge in [0.1, 0.15) is 0 Å². The molecule has 1 aliphatic rings. The number of morpholine rings is 1. The van der Waals surface area contributed by atoms with Crippen molar-refractivity contribution in [2.45, 2.75) is 6.54 Å². The van der Waals surface area contributed by atoms with Crippen LogP contribution in [-0.2, 0) is 16.0 Å². The molecule has 8 heteroatoms. The van der Waals surface area contributed by atoms with Crippen molar-refractivity contribution in [2.24, 2.45) is 0 Å². The number of carbonyl (C=O) groups excluding carboxylic acids is 1. The van der Waals surface area contributed by atoms with Crippen molar-refractivity contribution in [1.29, 1.82) is 0 Å². The number of halogens is 1. The molecule has 0 amide bonds. The zero-order valence-corrected chi connectivity index (χ0v) is 11.5. The van der Waals surface area contributed by atoms with Crippen molar-refractivity contribution in [1.82, 2.24) is 4.90 Å². The largest absolute Gasteiger partial charge is 0.465 e. The Labute approximate surface area is 120 Å². The fourth-order valence-electron chi connectivity index (χ4n) is 2.15. The van der Waals surface area contributed by atoms with Gasteiger partial charge in [0.2, 0.25) is 5.82 Å². The highest BCUT2D eigenvalue weighted by atomic mass is 19.1. The number of esters is 1. The van der Waals surface area contributed by atoms with Crippen LogP contribution in [0, 0.1) is 15.9 Å². The maximum atomic E-state index is 14.2. The van der Waals surface area contributed by atoms with Gasteiger partial charge >= 0.3 is 11.7 Å². The zero-order chi connectivity index (χ0) is 15.4. The van der Waals surface area contributed by atoms with Gasteiger partial charge in [-0.05, 0) is 6.07 Å². The molecule has 0 aromatic heterocycles. The van der Waals surface area contributed by atoms with E-state index in [1.54, 1.807) is 0 Å². The van der Waals surface area contributed by atoms with E-state index in [-0.39, 0.29) is 17.7 Å². The van der Waals surface area contributed by atoms with Gasteiger partial charge in [0, 0.05) is 31.3 Å². The van der Waals surface area contributed by atoms with Crippen molar-refractivity contribution in [3.05, 3.63) is 39.2 Å². The molecule has 1 aromatic carbocycles. The lowest BCUT2D eigenvalue weighted by Gasteiger charge is -2.26. The lowest BCUT2D eigenvalue weighted by atomic mass is 10.1. The summed E-state index contributed by atoms with van der Waals surface area (Å²) < 4.78 is 23.9. The highest BCUT2D eigenvalue weighted by Gasteiger charge is 2.24. The Bertz CT molecular complexity index is 558. The monoisotopic (exact) mass is 298 g/mol. The summed E-state index contributed by atoms with van der Waals surface area (Å²) in [4.78, 5) is 23.5. The van der Waals surface area contributed by atoms with Gasteiger partial charge in [0.05, 0.1) is 30.8 Å². The molecule has 1 aliphatic heterocycles. The maximum Gasteiger partial charge on any atom is 0.338 e. The minimum atomic E-state index is -0.917. The summed E-state index contributed by atoms with van der Waals surface area (Å²) in [5.74, 6) is -1.65. The van der Waals surface area contributed by atoms with Gasteiger partial charge in [-0.1, -0.05) is 0 Å². The van der Waals surface area contributed by atoms with E-state index in [9.17, 15) is 19.3 Å². The first-order valence-electron chi connectivity index (χ1n) is 6.38. The standard InChI is InChI=1S/C13H15FN2O5/c1-20-13(17)9-6-10(8-15-2-4-21-5-3-15)12(14)11(7-9)16(18)19/h6-7H,2-5,8H2,1H3. The Morgan fingerprint density at radius 2 is 2.14 bits per heavy atom. The van der Waals surface area contributed by atoms with E-state index in [4.69, 9.17) is 4.74 Å². The third-order valence-electron chi connectivity index (χ3n) is 3.24. The molecule has 1 heterocycles. The Morgan fingerprint density at radius 1 is 1.48 bits per heavy atom. The molecule has 0 aliphatic carbocycles. The highest BCUT2D eigenvalue weighted by Crippen LogP contribution is 2.25. The first-order chi connectivity index (χ1) is 10.0. The second kappa shape index (κ2) is 6.59. The Balaban J connectivity index is 2.35. The molecule has 1 fully saturated rings. The third kappa shape index (κ3) is 3.53. The average Bonchev–Trinajstić information content (AvgIpc) is 2.49. The molecule has 7 nitrogen and oxygen atoms in total. The van der Waals surface area contributed by atoms with Crippen LogP contribution in [0.1, 0.15) is 15.9 Å². The van der Waals surface area contributed by atoms with Gasteiger partial charge in [0.25, 0.3) is 0 Å². The maximum absolute atomic E-state index is 14.2. The fourth-order valence-corrected chi connectivity index (χ4v) is 2.15. The molecule has 0 atom stereocenters. The van der Waals surface area contributed by atoms with E-state index in [0.29, 0.717) is 26.3 Å². The molecule has 2 rings (SSSR count). The van der Waals surface area contributed by atoms with Gasteiger partial charge < -0.3 is 9.47 Å². The van der Waals surface area contributed by atoms with Crippen LogP contribution in [0.4, 0.5) is 10.1 Å². The van der Waals surface area contributed by atoms with Gasteiger partial charge in [-0.25, -0.2) is 4.79 Å². The number of carbonyl (C=O) groups is 1. The normalized spacial score (nSPS) is 15.7. The van der Waals surface area contributed by atoms with Crippen LogP contribution >= 0.6 is 0 Å². The summed E-state index contributed by atoms with van der Waals surface area (Å²) in [6, 6.07) is 2.19. The summed E-state index contributed by atoms with van der Waals surface area (Å²) in [6.45, 7) is 2.45. The molecular weight excluding hydrogens is 283 g/mol.